The zero-order chi connectivity index (χ0) is 26.1. The van der Waals surface area contributed by atoms with E-state index in [4.69, 9.17) is 11.5 Å². The Balaban J connectivity index is 0.000000127. The summed E-state index contributed by atoms with van der Waals surface area (Å²) >= 11 is 0. The van der Waals surface area contributed by atoms with Crippen LogP contribution in [0.5, 0.6) is 0 Å². The van der Waals surface area contributed by atoms with Crippen LogP contribution in [0.1, 0.15) is 86.0 Å². The van der Waals surface area contributed by atoms with Gasteiger partial charge in [0.1, 0.15) is 0 Å². The second kappa shape index (κ2) is 8.58. The highest BCUT2D eigenvalue weighted by Crippen LogP contribution is 2.46. The van der Waals surface area contributed by atoms with Crippen molar-refractivity contribution in [2.45, 2.75) is 74.3 Å². The minimum Gasteiger partial charge on any atom is -0.320 e. The zero-order valence-corrected chi connectivity index (χ0v) is 22.3. The van der Waals surface area contributed by atoms with Gasteiger partial charge >= 0.3 is 0 Å². The molecule has 38 heavy (non-hydrogen) atoms. The van der Waals surface area contributed by atoms with Crippen molar-refractivity contribution in [3.05, 3.63) is 71.8 Å². The van der Waals surface area contributed by atoms with E-state index in [0.717, 1.165) is 48.2 Å². The van der Waals surface area contributed by atoms with Gasteiger partial charge in [-0.25, -0.2) is 0 Å². The summed E-state index contributed by atoms with van der Waals surface area (Å²) in [6.07, 6.45) is 17.3. The molecule has 4 heterocycles. The second-order valence-corrected chi connectivity index (χ2v) is 11.9. The molecule has 0 aliphatic heterocycles. The third-order valence-corrected chi connectivity index (χ3v) is 8.52. The Hall–Kier alpha value is -3.36. The molecule has 0 unspecified atom stereocenters. The molecule has 0 spiro atoms. The van der Waals surface area contributed by atoms with Crippen molar-refractivity contribution < 1.29 is 0 Å². The summed E-state index contributed by atoms with van der Waals surface area (Å²) in [7, 11) is 4.01. The number of aromatic nitrogens is 6. The highest BCUT2D eigenvalue weighted by atomic mass is 15.3. The molecular weight excluding hydrogens is 472 g/mol. The van der Waals surface area contributed by atoms with Gasteiger partial charge < -0.3 is 11.5 Å². The smallest absolute Gasteiger partial charge is 0.0734 e. The maximum absolute atomic E-state index is 6.17. The average Bonchev–Trinajstić information content (AvgIpc) is 3.73. The number of hydrogen-bond acceptors (Lipinski definition) is 6. The molecule has 8 nitrogen and oxygen atoms in total. The van der Waals surface area contributed by atoms with E-state index >= 15 is 0 Å². The molecule has 0 amide bonds. The third kappa shape index (κ3) is 4.46. The van der Waals surface area contributed by atoms with Crippen LogP contribution in [-0.2, 0) is 25.2 Å². The van der Waals surface area contributed by atoms with E-state index in [1.165, 1.54) is 48.2 Å². The first-order chi connectivity index (χ1) is 18.3. The molecule has 4 saturated carbocycles. The summed E-state index contributed by atoms with van der Waals surface area (Å²) < 4.78 is 3.91. The minimum absolute atomic E-state index is 0.146. The molecule has 8 rings (SSSR count). The van der Waals surface area contributed by atoms with Crippen molar-refractivity contribution in [1.82, 2.24) is 29.5 Å². The van der Waals surface area contributed by atoms with E-state index in [9.17, 15) is 0 Å². The fraction of sp³-hybridized carbons (Fsp3) is 0.467. The lowest BCUT2D eigenvalue weighted by Gasteiger charge is -2.09. The number of nitrogens with two attached hydrogens (primary N) is 2. The Morgan fingerprint density at radius 2 is 1.29 bits per heavy atom. The zero-order valence-electron chi connectivity index (χ0n) is 22.3. The van der Waals surface area contributed by atoms with Gasteiger partial charge in [-0.05, 0) is 63.5 Å². The van der Waals surface area contributed by atoms with Gasteiger partial charge in [0.2, 0.25) is 0 Å². The highest BCUT2D eigenvalue weighted by Gasteiger charge is 2.42. The van der Waals surface area contributed by atoms with Crippen LogP contribution in [0.25, 0.3) is 22.3 Å². The predicted octanol–water partition coefficient (Wildman–Crippen LogP) is 4.61. The van der Waals surface area contributed by atoms with E-state index < -0.39 is 0 Å². The highest BCUT2D eigenvalue weighted by molar-refractivity contribution is 5.67. The van der Waals surface area contributed by atoms with Gasteiger partial charge in [-0.1, -0.05) is 12.1 Å². The number of pyridine rings is 2. The summed E-state index contributed by atoms with van der Waals surface area (Å²) in [4.78, 5) is 9.11. The first kappa shape index (κ1) is 23.7. The maximum atomic E-state index is 6.17. The van der Waals surface area contributed by atoms with Crippen LogP contribution in [0.3, 0.4) is 0 Å². The maximum Gasteiger partial charge on any atom is 0.0734 e. The van der Waals surface area contributed by atoms with Gasteiger partial charge in [0.15, 0.2) is 0 Å². The molecule has 4 fully saturated rings. The normalized spacial score (nSPS) is 20.5. The van der Waals surface area contributed by atoms with Gasteiger partial charge in [0, 0.05) is 72.5 Å². The number of rotatable bonds is 6. The van der Waals surface area contributed by atoms with Crippen molar-refractivity contribution in [3.8, 4) is 22.3 Å². The molecule has 4 aromatic heterocycles. The Labute approximate surface area is 223 Å². The van der Waals surface area contributed by atoms with Crippen molar-refractivity contribution in [3.63, 3.8) is 0 Å². The molecule has 0 saturated heterocycles. The minimum atomic E-state index is -0.146. The lowest BCUT2D eigenvalue weighted by atomic mass is 10.0. The van der Waals surface area contributed by atoms with Gasteiger partial charge in [-0.2, -0.15) is 10.2 Å². The van der Waals surface area contributed by atoms with Crippen LogP contribution in [0, 0.1) is 0 Å². The number of nitrogens with zero attached hydrogens (tertiary/aromatic N) is 6. The average molecular weight is 509 g/mol. The van der Waals surface area contributed by atoms with Crippen LogP contribution in [0.2, 0.25) is 0 Å². The van der Waals surface area contributed by atoms with E-state index in [-0.39, 0.29) is 11.1 Å². The quantitative estimate of drug-likeness (QED) is 0.393. The van der Waals surface area contributed by atoms with Crippen molar-refractivity contribution in [2.75, 3.05) is 0 Å². The largest absolute Gasteiger partial charge is 0.320 e. The van der Waals surface area contributed by atoms with E-state index in [0.29, 0.717) is 11.8 Å². The van der Waals surface area contributed by atoms with Crippen molar-refractivity contribution in [1.29, 1.82) is 0 Å². The van der Waals surface area contributed by atoms with Crippen LogP contribution in [0.15, 0.2) is 49.1 Å². The second-order valence-electron chi connectivity index (χ2n) is 11.9. The molecule has 0 aromatic carbocycles. The number of aryl methyl sites for hydroxylation is 2. The van der Waals surface area contributed by atoms with Crippen molar-refractivity contribution >= 4 is 0 Å². The Morgan fingerprint density at radius 3 is 1.76 bits per heavy atom. The number of hydrogen-bond donors (Lipinski definition) is 2. The summed E-state index contributed by atoms with van der Waals surface area (Å²) in [6.45, 7) is 0. The summed E-state index contributed by atoms with van der Waals surface area (Å²) in [6, 6.07) is 8.42. The first-order valence-corrected chi connectivity index (χ1v) is 13.9. The Morgan fingerprint density at radius 1 is 0.737 bits per heavy atom. The lowest BCUT2D eigenvalue weighted by Crippen LogP contribution is -2.20. The SMILES string of the molecule is Cn1cc(-c2ccc(C3(N)CC3)nc2)c(C2CC2)n1.Cn1ncc(-c2ccc(C3(N)CC3)nc2)c1C1CC1. The van der Waals surface area contributed by atoms with Gasteiger partial charge in [-0.15, -0.1) is 0 Å². The van der Waals surface area contributed by atoms with Gasteiger partial charge in [0.25, 0.3) is 0 Å². The topological polar surface area (TPSA) is 113 Å². The fourth-order valence-electron chi connectivity index (χ4n) is 5.37. The molecule has 4 aliphatic carbocycles. The van der Waals surface area contributed by atoms with Crippen LogP contribution in [0.4, 0.5) is 0 Å². The summed E-state index contributed by atoms with van der Waals surface area (Å²) in [5, 5.41) is 9.00. The molecule has 4 N–H and O–H groups in total. The molecule has 0 bridgehead atoms. The summed E-state index contributed by atoms with van der Waals surface area (Å²) in [5.74, 6) is 1.34. The van der Waals surface area contributed by atoms with Gasteiger partial charge in [-0.3, -0.25) is 19.3 Å². The molecule has 4 aromatic rings. The first-order valence-electron chi connectivity index (χ1n) is 13.9. The lowest BCUT2D eigenvalue weighted by molar-refractivity contribution is 0.707. The van der Waals surface area contributed by atoms with Crippen LogP contribution in [-0.4, -0.2) is 29.5 Å². The van der Waals surface area contributed by atoms with Crippen molar-refractivity contribution in [2.24, 2.45) is 25.6 Å². The van der Waals surface area contributed by atoms with E-state index in [1.54, 1.807) is 0 Å². The summed E-state index contributed by atoms with van der Waals surface area (Å²) in [5.41, 5.74) is 21.4. The Bertz CT molecular complexity index is 1400. The molecule has 0 radical (unpaired) electrons. The molecule has 8 heteroatoms. The molecule has 4 aliphatic rings. The van der Waals surface area contributed by atoms with Crippen LogP contribution >= 0.6 is 0 Å². The molecule has 196 valence electrons. The van der Waals surface area contributed by atoms with E-state index in [1.807, 2.05) is 42.0 Å². The standard InChI is InChI=1S/2C15H18N4/c1-19-9-12(14(18-19)10-2-3-10)11-4-5-13(17-8-11)15(16)6-7-15;1-19-14(10-2-3-10)12(9-18-19)11-4-5-13(17-8-11)15(16)6-7-15/h2*4-5,8-10H,2-3,6-7,16H2,1H3. The molecular formula is C30H36N8. The monoisotopic (exact) mass is 508 g/mol. The fourth-order valence-corrected chi connectivity index (χ4v) is 5.37. The third-order valence-electron chi connectivity index (χ3n) is 8.52. The van der Waals surface area contributed by atoms with E-state index in [2.05, 4.69) is 50.6 Å². The predicted molar refractivity (Wildman–Crippen MR) is 147 cm³/mol. The van der Waals surface area contributed by atoms with Crippen LogP contribution < -0.4 is 11.5 Å². The Kier molecular flexibility index (Phi) is 5.36. The van der Waals surface area contributed by atoms with Gasteiger partial charge in [0.05, 0.1) is 34.4 Å². The molecule has 0 atom stereocenters.